The van der Waals surface area contributed by atoms with Crippen LogP contribution in [0.15, 0.2) is 17.1 Å². The second-order valence-electron chi connectivity index (χ2n) is 6.39. The fraction of sp³-hybridized carbons (Fsp3) is 0.600. The molecule has 1 aromatic heterocycles. The van der Waals surface area contributed by atoms with E-state index in [1.807, 2.05) is 0 Å². The molecule has 1 saturated carbocycles. The van der Waals surface area contributed by atoms with Gasteiger partial charge in [-0.05, 0) is 32.6 Å². The number of primary amides is 1. The number of piperidine rings is 1. The summed E-state index contributed by atoms with van der Waals surface area (Å²) in [5.41, 5.74) is 6.42. The molecule has 0 spiro atoms. The Balaban J connectivity index is 1.66. The Kier molecular flexibility index (Phi) is 3.49. The van der Waals surface area contributed by atoms with E-state index in [9.17, 15) is 9.59 Å². The summed E-state index contributed by atoms with van der Waals surface area (Å²) >= 11 is 0. The highest BCUT2D eigenvalue weighted by atomic mass is 16.1. The van der Waals surface area contributed by atoms with Crippen molar-refractivity contribution < 1.29 is 4.79 Å². The summed E-state index contributed by atoms with van der Waals surface area (Å²) in [6, 6.07) is 1.69. The molecule has 2 heterocycles. The van der Waals surface area contributed by atoms with Crippen LogP contribution in [0.1, 0.15) is 43.0 Å². The van der Waals surface area contributed by atoms with Crippen molar-refractivity contribution in [3.05, 3.63) is 28.2 Å². The maximum absolute atomic E-state index is 11.4. The van der Waals surface area contributed by atoms with Gasteiger partial charge < -0.3 is 16.0 Å². The van der Waals surface area contributed by atoms with Crippen LogP contribution in [0.25, 0.3) is 0 Å². The Bertz CT molecular complexity index is 598. The molecule has 1 aliphatic carbocycles. The third-order valence-corrected chi connectivity index (χ3v) is 4.78. The van der Waals surface area contributed by atoms with Gasteiger partial charge in [-0.1, -0.05) is 0 Å². The van der Waals surface area contributed by atoms with E-state index in [0.717, 1.165) is 25.9 Å². The van der Waals surface area contributed by atoms with Crippen molar-refractivity contribution >= 4 is 11.6 Å². The fourth-order valence-corrected chi connectivity index (χ4v) is 3.08. The zero-order valence-corrected chi connectivity index (χ0v) is 12.3. The molecule has 1 aliphatic heterocycles. The summed E-state index contributed by atoms with van der Waals surface area (Å²) in [6.45, 7) is 4.44. The number of likely N-dealkylation sites (tertiary alicyclic amines) is 1. The first-order valence-electron chi connectivity index (χ1n) is 7.52. The quantitative estimate of drug-likeness (QED) is 0.768. The van der Waals surface area contributed by atoms with Crippen molar-refractivity contribution in [3.8, 4) is 0 Å². The molecule has 6 heteroatoms. The zero-order chi connectivity index (χ0) is 15.0. The van der Waals surface area contributed by atoms with Crippen molar-refractivity contribution in [2.24, 2.45) is 5.73 Å². The molecule has 21 heavy (non-hydrogen) atoms. The van der Waals surface area contributed by atoms with E-state index in [1.54, 1.807) is 0 Å². The molecule has 1 amide bonds. The van der Waals surface area contributed by atoms with E-state index in [0.29, 0.717) is 16.8 Å². The van der Waals surface area contributed by atoms with E-state index in [2.05, 4.69) is 22.1 Å². The average molecular weight is 290 g/mol. The summed E-state index contributed by atoms with van der Waals surface area (Å²) in [4.78, 5) is 27.9. The van der Waals surface area contributed by atoms with Crippen LogP contribution in [0, 0.1) is 0 Å². The van der Waals surface area contributed by atoms with Crippen LogP contribution in [0.5, 0.6) is 0 Å². The number of hydrogen-bond donors (Lipinski definition) is 3. The molecule has 0 aromatic carbocycles. The van der Waals surface area contributed by atoms with Gasteiger partial charge in [0.25, 0.3) is 5.91 Å². The number of nitrogens with two attached hydrogens (primary N) is 1. The Morgan fingerprint density at radius 1 is 1.43 bits per heavy atom. The number of aromatic amines is 1. The Hall–Kier alpha value is -1.82. The predicted molar refractivity (Wildman–Crippen MR) is 81.4 cm³/mol. The lowest BCUT2D eigenvalue weighted by molar-refractivity contribution is 0.100. The molecule has 0 radical (unpaired) electrons. The molecule has 0 unspecified atom stereocenters. The predicted octanol–water partition coefficient (Wildman–Crippen LogP) is 0.903. The van der Waals surface area contributed by atoms with Crippen LogP contribution in [-0.4, -0.2) is 40.5 Å². The SMILES string of the molecule is CC1(N2CCC(Nc3cc(=O)[nH]cc3C(N)=O)CC2)CC1. The lowest BCUT2D eigenvalue weighted by Crippen LogP contribution is -2.44. The standard InChI is InChI=1S/C15H22N4O2/c1-15(4-5-15)19-6-2-10(3-7-19)18-12-8-13(20)17-9-11(12)14(16)21/h8-10H,2-7H2,1H3,(H2,16,21)(H2,17,18,20). The number of nitrogens with one attached hydrogen (secondary N) is 2. The van der Waals surface area contributed by atoms with Gasteiger partial charge >= 0.3 is 0 Å². The molecule has 6 nitrogen and oxygen atoms in total. The van der Waals surface area contributed by atoms with Gasteiger partial charge in [-0.15, -0.1) is 0 Å². The van der Waals surface area contributed by atoms with Gasteiger partial charge in [-0.25, -0.2) is 0 Å². The maximum atomic E-state index is 11.4. The minimum atomic E-state index is -0.531. The number of pyridine rings is 1. The Morgan fingerprint density at radius 2 is 2.10 bits per heavy atom. The van der Waals surface area contributed by atoms with Crippen molar-refractivity contribution in [3.63, 3.8) is 0 Å². The molecule has 2 fully saturated rings. The fourth-order valence-electron chi connectivity index (χ4n) is 3.08. The molecule has 1 saturated heterocycles. The van der Waals surface area contributed by atoms with Gasteiger partial charge in [0, 0.05) is 36.9 Å². The first-order valence-corrected chi connectivity index (χ1v) is 7.52. The summed E-state index contributed by atoms with van der Waals surface area (Å²) in [6.07, 6.45) is 6.00. The minimum absolute atomic E-state index is 0.231. The second kappa shape index (κ2) is 5.18. The first-order chi connectivity index (χ1) is 9.98. The maximum Gasteiger partial charge on any atom is 0.252 e. The van der Waals surface area contributed by atoms with Crippen LogP contribution in [0.4, 0.5) is 5.69 Å². The molecule has 1 aromatic rings. The highest BCUT2D eigenvalue weighted by molar-refractivity contribution is 5.98. The lowest BCUT2D eigenvalue weighted by atomic mass is 10.0. The summed E-state index contributed by atoms with van der Waals surface area (Å²) < 4.78 is 0. The van der Waals surface area contributed by atoms with E-state index < -0.39 is 5.91 Å². The number of rotatable bonds is 4. The van der Waals surface area contributed by atoms with E-state index in [-0.39, 0.29) is 11.6 Å². The zero-order valence-electron chi connectivity index (χ0n) is 12.3. The molecule has 3 rings (SSSR count). The first kappa shape index (κ1) is 14.1. The lowest BCUT2D eigenvalue weighted by Gasteiger charge is -2.37. The Labute approximate surface area is 123 Å². The van der Waals surface area contributed by atoms with Gasteiger partial charge in [0.2, 0.25) is 5.56 Å². The summed E-state index contributed by atoms with van der Waals surface area (Å²) in [5, 5.41) is 3.32. The summed E-state index contributed by atoms with van der Waals surface area (Å²) in [5.74, 6) is -0.531. The highest BCUT2D eigenvalue weighted by Crippen LogP contribution is 2.42. The van der Waals surface area contributed by atoms with Gasteiger partial charge in [0.05, 0.1) is 11.3 Å². The molecule has 0 bridgehead atoms. The number of carbonyl (C=O) groups is 1. The number of H-pyrrole nitrogens is 1. The monoisotopic (exact) mass is 290 g/mol. The van der Waals surface area contributed by atoms with Crippen LogP contribution < -0.4 is 16.6 Å². The minimum Gasteiger partial charge on any atom is -0.381 e. The topological polar surface area (TPSA) is 91.2 Å². The molecule has 2 aliphatic rings. The normalized spacial score (nSPS) is 22.0. The largest absolute Gasteiger partial charge is 0.381 e. The number of hydrogen-bond acceptors (Lipinski definition) is 4. The smallest absolute Gasteiger partial charge is 0.252 e. The third kappa shape index (κ3) is 2.95. The second-order valence-corrected chi connectivity index (χ2v) is 6.39. The van der Waals surface area contributed by atoms with Gasteiger partial charge in [0.15, 0.2) is 0 Å². The molecule has 0 atom stereocenters. The molecular weight excluding hydrogens is 268 g/mol. The van der Waals surface area contributed by atoms with E-state index in [1.165, 1.54) is 25.1 Å². The summed E-state index contributed by atoms with van der Waals surface area (Å²) in [7, 11) is 0. The van der Waals surface area contributed by atoms with E-state index in [4.69, 9.17) is 5.73 Å². The van der Waals surface area contributed by atoms with Crippen molar-refractivity contribution in [1.29, 1.82) is 0 Å². The number of anilines is 1. The van der Waals surface area contributed by atoms with Gasteiger partial charge in [-0.2, -0.15) is 0 Å². The molecule has 4 N–H and O–H groups in total. The van der Waals surface area contributed by atoms with Gasteiger partial charge in [-0.3, -0.25) is 14.5 Å². The number of aromatic nitrogens is 1. The van der Waals surface area contributed by atoms with Crippen molar-refractivity contribution in [2.45, 2.75) is 44.2 Å². The number of carbonyl (C=O) groups excluding carboxylic acids is 1. The van der Waals surface area contributed by atoms with Crippen LogP contribution in [0.3, 0.4) is 0 Å². The highest BCUT2D eigenvalue weighted by Gasteiger charge is 2.44. The van der Waals surface area contributed by atoms with E-state index >= 15 is 0 Å². The average Bonchev–Trinajstić information content (AvgIpc) is 3.18. The van der Waals surface area contributed by atoms with Crippen molar-refractivity contribution in [2.75, 3.05) is 18.4 Å². The number of nitrogens with zero attached hydrogens (tertiary/aromatic N) is 1. The third-order valence-electron chi connectivity index (χ3n) is 4.78. The molecular formula is C15H22N4O2. The van der Waals surface area contributed by atoms with Gasteiger partial charge in [0.1, 0.15) is 0 Å². The number of amides is 1. The van der Waals surface area contributed by atoms with Crippen LogP contribution >= 0.6 is 0 Å². The van der Waals surface area contributed by atoms with Crippen molar-refractivity contribution in [1.82, 2.24) is 9.88 Å². The van der Waals surface area contributed by atoms with Crippen LogP contribution in [0.2, 0.25) is 0 Å². The van der Waals surface area contributed by atoms with Crippen LogP contribution in [-0.2, 0) is 0 Å². The Morgan fingerprint density at radius 3 is 2.67 bits per heavy atom. The molecule has 114 valence electrons.